The van der Waals surface area contributed by atoms with Gasteiger partial charge >= 0.3 is 0 Å². The van der Waals surface area contributed by atoms with Crippen molar-refractivity contribution in [1.29, 1.82) is 0 Å². The first-order valence-electron chi connectivity index (χ1n) is 9.79. The van der Waals surface area contributed by atoms with Crippen LogP contribution in [0.3, 0.4) is 0 Å². The number of amides is 1. The molecule has 162 valence electrons. The van der Waals surface area contributed by atoms with Crippen molar-refractivity contribution in [3.63, 3.8) is 0 Å². The minimum absolute atomic E-state index is 0.148. The van der Waals surface area contributed by atoms with Crippen LogP contribution >= 0.6 is 11.8 Å². The number of thioether (sulfide) groups is 1. The van der Waals surface area contributed by atoms with E-state index in [4.69, 9.17) is 13.9 Å². The molecule has 0 aliphatic carbocycles. The van der Waals surface area contributed by atoms with Crippen LogP contribution in [0.4, 0.5) is 5.69 Å². The summed E-state index contributed by atoms with van der Waals surface area (Å²) >= 11 is 1.42. The van der Waals surface area contributed by atoms with Gasteiger partial charge in [0.15, 0.2) is 0 Å². The van der Waals surface area contributed by atoms with Gasteiger partial charge in [-0.3, -0.25) is 4.79 Å². The summed E-state index contributed by atoms with van der Waals surface area (Å²) in [5.74, 6) is 2.15. The Morgan fingerprint density at radius 2 is 1.62 bits per heavy atom. The fourth-order valence-corrected chi connectivity index (χ4v) is 3.66. The normalized spacial score (nSPS) is 10.6. The van der Waals surface area contributed by atoms with Crippen LogP contribution in [0.25, 0.3) is 11.5 Å². The third kappa shape index (κ3) is 5.28. The molecule has 0 bridgehead atoms. The molecule has 1 N–H and O–H groups in total. The van der Waals surface area contributed by atoms with Gasteiger partial charge in [0.2, 0.25) is 5.89 Å². The molecule has 1 amide bonds. The lowest BCUT2D eigenvalue weighted by atomic mass is 10.1. The largest absolute Gasteiger partial charge is 0.497 e. The molecule has 0 radical (unpaired) electrons. The van der Waals surface area contributed by atoms with Gasteiger partial charge in [-0.1, -0.05) is 42.1 Å². The summed E-state index contributed by atoms with van der Waals surface area (Å²) in [6, 6.07) is 22.2. The van der Waals surface area contributed by atoms with Crippen LogP contribution < -0.4 is 14.8 Å². The number of nitrogens with one attached hydrogen (secondary N) is 1. The van der Waals surface area contributed by atoms with Gasteiger partial charge in [0, 0.05) is 28.6 Å². The van der Waals surface area contributed by atoms with Crippen molar-refractivity contribution >= 4 is 23.4 Å². The van der Waals surface area contributed by atoms with Crippen molar-refractivity contribution in [2.45, 2.75) is 11.0 Å². The van der Waals surface area contributed by atoms with Gasteiger partial charge in [-0.2, -0.15) is 0 Å². The van der Waals surface area contributed by atoms with Gasteiger partial charge in [-0.15, -0.1) is 10.2 Å². The topological polar surface area (TPSA) is 86.5 Å². The van der Waals surface area contributed by atoms with Crippen LogP contribution in [-0.4, -0.2) is 30.3 Å². The Labute approximate surface area is 189 Å². The van der Waals surface area contributed by atoms with Crippen LogP contribution in [0.1, 0.15) is 15.9 Å². The maximum absolute atomic E-state index is 12.4. The molecule has 0 saturated carbocycles. The molecule has 32 heavy (non-hydrogen) atoms. The number of rotatable bonds is 8. The average molecular weight is 448 g/mol. The average Bonchev–Trinajstić information content (AvgIpc) is 3.32. The summed E-state index contributed by atoms with van der Waals surface area (Å²) in [6.07, 6.45) is 0. The van der Waals surface area contributed by atoms with E-state index in [1.807, 2.05) is 54.6 Å². The molecule has 7 nitrogen and oxygen atoms in total. The molecular weight excluding hydrogens is 426 g/mol. The molecule has 0 unspecified atom stereocenters. The standard InChI is InChI=1S/C24H21N3O4S/c1-29-20-12-18(13-21(14-20)30-2)23-26-27-24(31-23)32-15-16-8-10-17(11-9-16)22(28)25-19-6-4-3-5-7-19/h3-14H,15H2,1-2H3,(H,25,28). The number of benzene rings is 3. The second kappa shape index (κ2) is 10.0. The van der Waals surface area contributed by atoms with E-state index in [-0.39, 0.29) is 5.91 Å². The molecule has 0 spiro atoms. The van der Waals surface area contributed by atoms with E-state index >= 15 is 0 Å². The fraction of sp³-hybridized carbons (Fsp3) is 0.125. The molecule has 0 fully saturated rings. The second-order valence-electron chi connectivity index (χ2n) is 6.78. The monoisotopic (exact) mass is 447 g/mol. The van der Waals surface area contributed by atoms with Crippen LogP contribution in [0.15, 0.2) is 82.4 Å². The molecule has 0 aliphatic rings. The quantitative estimate of drug-likeness (QED) is 0.367. The highest BCUT2D eigenvalue weighted by atomic mass is 32.2. The van der Waals surface area contributed by atoms with Crippen LogP contribution in [-0.2, 0) is 5.75 Å². The molecule has 8 heteroatoms. The molecule has 3 aromatic carbocycles. The molecule has 1 heterocycles. The van der Waals surface area contributed by atoms with Gasteiger partial charge in [0.25, 0.3) is 11.1 Å². The zero-order chi connectivity index (χ0) is 22.3. The molecular formula is C24H21N3O4S. The molecule has 0 atom stereocenters. The third-order valence-corrected chi connectivity index (χ3v) is 5.50. The summed E-state index contributed by atoms with van der Waals surface area (Å²) < 4.78 is 16.4. The van der Waals surface area contributed by atoms with Crippen LogP contribution in [0.2, 0.25) is 0 Å². The van der Waals surface area contributed by atoms with Crippen molar-refractivity contribution in [2.24, 2.45) is 0 Å². The highest BCUT2D eigenvalue weighted by Gasteiger charge is 2.13. The summed E-state index contributed by atoms with van der Waals surface area (Å²) in [5.41, 5.74) is 3.11. The van der Waals surface area contributed by atoms with Crippen molar-refractivity contribution in [1.82, 2.24) is 10.2 Å². The third-order valence-electron chi connectivity index (χ3n) is 4.61. The number of carbonyl (C=O) groups is 1. The van der Waals surface area contributed by atoms with E-state index in [2.05, 4.69) is 15.5 Å². The summed E-state index contributed by atoms with van der Waals surface area (Å²) in [6.45, 7) is 0. The number of carbonyl (C=O) groups excluding carboxylic acids is 1. The van der Waals surface area contributed by atoms with E-state index in [0.717, 1.165) is 11.3 Å². The van der Waals surface area contributed by atoms with Crippen molar-refractivity contribution < 1.29 is 18.7 Å². The fourth-order valence-electron chi connectivity index (χ4n) is 2.94. The number of para-hydroxylation sites is 1. The molecule has 4 aromatic rings. The van der Waals surface area contributed by atoms with Gasteiger partial charge < -0.3 is 19.2 Å². The summed E-state index contributed by atoms with van der Waals surface area (Å²) in [7, 11) is 3.18. The van der Waals surface area contributed by atoms with Gasteiger partial charge in [-0.05, 0) is 42.0 Å². The Bertz CT molecular complexity index is 1170. The maximum atomic E-state index is 12.4. The minimum atomic E-state index is -0.148. The van der Waals surface area contributed by atoms with Crippen LogP contribution in [0, 0.1) is 0 Å². The first-order valence-corrected chi connectivity index (χ1v) is 10.8. The first-order chi connectivity index (χ1) is 15.6. The van der Waals surface area contributed by atoms with E-state index in [0.29, 0.717) is 39.5 Å². The zero-order valence-corrected chi connectivity index (χ0v) is 18.4. The lowest BCUT2D eigenvalue weighted by molar-refractivity contribution is 0.102. The summed E-state index contributed by atoms with van der Waals surface area (Å²) in [5, 5.41) is 11.6. The van der Waals surface area contributed by atoms with E-state index in [1.165, 1.54) is 11.8 Å². The van der Waals surface area contributed by atoms with E-state index < -0.39 is 0 Å². The van der Waals surface area contributed by atoms with Gasteiger partial charge in [0.05, 0.1) is 14.2 Å². The predicted octanol–water partition coefficient (Wildman–Crippen LogP) is 5.30. The zero-order valence-electron chi connectivity index (χ0n) is 17.6. The minimum Gasteiger partial charge on any atom is -0.497 e. The molecule has 0 aliphatic heterocycles. The Morgan fingerprint density at radius 3 is 2.28 bits per heavy atom. The lowest BCUT2D eigenvalue weighted by Crippen LogP contribution is -2.11. The number of hydrogen-bond donors (Lipinski definition) is 1. The lowest BCUT2D eigenvalue weighted by Gasteiger charge is -2.06. The number of aromatic nitrogens is 2. The Morgan fingerprint density at radius 1 is 0.938 bits per heavy atom. The van der Waals surface area contributed by atoms with Crippen molar-refractivity contribution in [3.8, 4) is 23.0 Å². The SMILES string of the molecule is COc1cc(OC)cc(-c2nnc(SCc3ccc(C(=O)Nc4ccccc4)cc3)o2)c1. The Hall–Kier alpha value is -3.78. The Balaban J connectivity index is 1.37. The summed E-state index contributed by atoms with van der Waals surface area (Å²) in [4.78, 5) is 12.4. The highest BCUT2D eigenvalue weighted by Crippen LogP contribution is 2.31. The first kappa shape index (κ1) is 21.5. The second-order valence-corrected chi connectivity index (χ2v) is 7.71. The Kier molecular flexibility index (Phi) is 6.72. The van der Waals surface area contributed by atoms with Gasteiger partial charge in [0.1, 0.15) is 11.5 Å². The number of nitrogens with zero attached hydrogens (tertiary/aromatic N) is 2. The predicted molar refractivity (Wildman–Crippen MR) is 123 cm³/mol. The maximum Gasteiger partial charge on any atom is 0.277 e. The van der Waals surface area contributed by atoms with E-state index in [9.17, 15) is 4.79 Å². The number of anilines is 1. The number of methoxy groups -OCH3 is 2. The number of hydrogen-bond acceptors (Lipinski definition) is 7. The van der Waals surface area contributed by atoms with E-state index in [1.54, 1.807) is 32.4 Å². The van der Waals surface area contributed by atoms with Crippen molar-refractivity contribution in [2.75, 3.05) is 19.5 Å². The molecule has 4 rings (SSSR count). The smallest absolute Gasteiger partial charge is 0.277 e. The highest BCUT2D eigenvalue weighted by molar-refractivity contribution is 7.98. The van der Waals surface area contributed by atoms with Crippen molar-refractivity contribution in [3.05, 3.63) is 83.9 Å². The molecule has 1 aromatic heterocycles. The number of ether oxygens (including phenoxy) is 2. The van der Waals surface area contributed by atoms with Gasteiger partial charge in [-0.25, -0.2) is 0 Å². The van der Waals surface area contributed by atoms with Crippen LogP contribution in [0.5, 0.6) is 11.5 Å². The molecule has 0 saturated heterocycles.